The summed E-state index contributed by atoms with van der Waals surface area (Å²) in [4.78, 5) is 6.23. The van der Waals surface area contributed by atoms with Crippen molar-refractivity contribution in [1.82, 2.24) is 5.06 Å². The van der Waals surface area contributed by atoms with Gasteiger partial charge in [0.25, 0.3) is 0 Å². The Morgan fingerprint density at radius 2 is 1.90 bits per heavy atom. The summed E-state index contributed by atoms with van der Waals surface area (Å²) in [7, 11) is 0. The molecule has 1 saturated heterocycles. The van der Waals surface area contributed by atoms with Gasteiger partial charge in [0.1, 0.15) is 0 Å². The molecule has 2 heteroatoms. The topological polar surface area (TPSA) is 12.5 Å². The molecule has 1 saturated carbocycles. The summed E-state index contributed by atoms with van der Waals surface area (Å²) in [6, 6.07) is 11.3. The van der Waals surface area contributed by atoms with Crippen LogP contribution in [-0.4, -0.2) is 17.2 Å². The minimum Gasteiger partial charge on any atom is -0.295 e. The molecule has 114 valence electrons. The molecule has 1 aliphatic heterocycles. The summed E-state index contributed by atoms with van der Waals surface area (Å²) >= 11 is 0. The van der Waals surface area contributed by atoms with Crippen molar-refractivity contribution in [1.29, 1.82) is 0 Å². The van der Waals surface area contributed by atoms with E-state index in [4.69, 9.17) is 4.84 Å². The number of benzene rings is 1. The molecule has 0 aromatic heterocycles. The second kappa shape index (κ2) is 7.24. The summed E-state index contributed by atoms with van der Waals surface area (Å²) in [6.07, 6.45) is 11.4. The summed E-state index contributed by atoms with van der Waals surface area (Å²) < 4.78 is 0. The van der Waals surface area contributed by atoms with Crippen LogP contribution in [0.25, 0.3) is 0 Å². The molecule has 2 aliphatic rings. The lowest BCUT2D eigenvalue weighted by Crippen LogP contribution is -2.35. The Morgan fingerprint density at radius 3 is 2.62 bits per heavy atom. The van der Waals surface area contributed by atoms with Crippen molar-refractivity contribution in [2.24, 2.45) is 5.92 Å². The van der Waals surface area contributed by atoms with E-state index in [1.165, 1.54) is 44.1 Å². The molecule has 1 aromatic rings. The van der Waals surface area contributed by atoms with Gasteiger partial charge in [-0.05, 0) is 37.2 Å². The van der Waals surface area contributed by atoms with E-state index in [-0.39, 0.29) is 0 Å². The Hall–Kier alpha value is -1.12. The first-order chi connectivity index (χ1) is 10.4. The van der Waals surface area contributed by atoms with Gasteiger partial charge < -0.3 is 0 Å². The third-order valence-corrected chi connectivity index (χ3v) is 4.96. The van der Waals surface area contributed by atoms with Crippen molar-refractivity contribution in [3.05, 3.63) is 48.6 Å². The van der Waals surface area contributed by atoms with Crippen LogP contribution < -0.4 is 0 Å². The molecule has 1 heterocycles. The summed E-state index contributed by atoms with van der Waals surface area (Å²) in [5.74, 6) is 0.817. The molecule has 0 bridgehead atoms. The van der Waals surface area contributed by atoms with E-state index < -0.39 is 0 Å². The molecule has 3 rings (SSSR count). The first-order valence-electron chi connectivity index (χ1n) is 8.45. The summed E-state index contributed by atoms with van der Waals surface area (Å²) in [5.41, 5.74) is 1.34. The highest BCUT2D eigenvalue weighted by Gasteiger charge is 2.38. The van der Waals surface area contributed by atoms with Gasteiger partial charge >= 0.3 is 0 Å². The largest absolute Gasteiger partial charge is 0.295 e. The van der Waals surface area contributed by atoms with Gasteiger partial charge in [-0.3, -0.25) is 4.84 Å². The molecule has 1 aliphatic carbocycles. The maximum Gasteiger partial charge on any atom is 0.0843 e. The molecule has 0 spiro atoms. The molecule has 0 amide bonds. The van der Waals surface area contributed by atoms with Gasteiger partial charge in [0.05, 0.1) is 6.10 Å². The first-order valence-corrected chi connectivity index (χ1v) is 8.45. The smallest absolute Gasteiger partial charge is 0.0843 e. The maximum atomic E-state index is 6.23. The maximum absolute atomic E-state index is 6.23. The van der Waals surface area contributed by atoms with E-state index in [2.05, 4.69) is 42.0 Å². The average molecular weight is 285 g/mol. The number of nitrogens with zero attached hydrogens (tertiary/aromatic N) is 1. The molecule has 0 N–H and O–H groups in total. The van der Waals surface area contributed by atoms with E-state index in [1.54, 1.807) is 0 Å². The lowest BCUT2D eigenvalue weighted by molar-refractivity contribution is -0.177. The van der Waals surface area contributed by atoms with E-state index >= 15 is 0 Å². The van der Waals surface area contributed by atoms with Crippen molar-refractivity contribution in [3.63, 3.8) is 0 Å². The Labute approximate surface area is 128 Å². The Balaban J connectivity index is 1.69. The second-order valence-electron chi connectivity index (χ2n) is 6.51. The zero-order chi connectivity index (χ0) is 14.5. The Morgan fingerprint density at radius 1 is 1.14 bits per heavy atom. The molecule has 2 nitrogen and oxygen atoms in total. The zero-order valence-corrected chi connectivity index (χ0v) is 12.9. The van der Waals surface area contributed by atoms with E-state index in [0.29, 0.717) is 12.1 Å². The van der Waals surface area contributed by atoms with Crippen LogP contribution in [0.3, 0.4) is 0 Å². The summed E-state index contributed by atoms with van der Waals surface area (Å²) in [6.45, 7) is 4.78. The normalized spacial score (nSPS) is 27.8. The molecular formula is C19H27NO. The van der Waals surface area contributed by atoms with Crippen LogP contribution in [0.2, 0.25) is 0 Å². The number of hydrogen-bond acceptors (Lipinski definition) is 2. The van der Waals surface area contributed by atoms with E-state index in [1.807, 2.05) is 6.08 Å². The first kappa shape index (κ1) is 14.8. The number of hydrogen-bond donors (Lipinski definition) is 0. The third kappa shape index (κ3) is 3.75. The molecule has 2 atom stereocenters. The van der Waals surface area contributed by atoms with Gasteiger partial charge in [0.2, 0.25) is 0 Å². The monoisotopic (exact) mass is 285 g/mol. The van der Waals surface area contributed by atoms with E-state index in [9.17, 15) is 0 Å². The zero-order valence-electron chi connectivity index (χ0n) is 12.9. The minimum atomic E-state index is 0.332. The molecular weight excluding hydrogens is 258 g/mol. The van der Waals surface area contributed by atoms with Crippen LogP contribution >= 0.6 is 0 Å². The average Bonchev–Trinajstić information content (AvgIpc) is 2.92. The van der Waals surface area contributed by atoms with Crippen molar-refractivity contribution < 1.29 is 4.84 Å². The van der Waals surface area contributed by atoms with Gasteiger partial charge in [-0.25, -0.2) is 0 Å². The lowest BCUT2D eigenvalue weighted by atomic mass is 9.82. The summed E-state index contributed by atoms with van der Waals surface area (Å²) in [5, 5.41) is 2.28. The minimum absolute atomic E-state index is 0.332. The van der Waals surface area contributed by atoms with Gasteiger partial charge in [-0.2, -0.15) is 5.06 Å². The van der Waals surface area contributed by atoms with Gasteiger partial charge in [0.15, 0.2) is 0 Å². The van der Waals surface area contributed by atoms with Crippen molar-refractivity contribution in [2.45, 2.75) is 63.6 Å². The van der Waals surface area contributed by atoms with Gasteiger partial charge in [-0.15, -0.1) is 6.58 Å². The van der Waals surface area contributed by atoms with Gasteiger partial charge in [-0.1, -0.05) is 55.7 Å². The predicted octanol–water partition coefficient (Wildman–Crippen LogP) is 4.72. The number of rotatable bonds is 5. The highest BCUT2D eigenvalue weighted by molar-refractivity contribution is 5.14. The molecule has 0 unspecified atom stereocenters. The quantitative estimate of drug-likeness (QED) is 0.726. The molecule has 21 heavy (non-hydrogen) atoms. The van der Waals surface area contributed by atoms with E-state index in [0.717, 1.165) is 18.9 Å². The molecule has 2 fully saturated rings. The second-order valence-corrected chi connectivity index (χ2v) is 6.51. The number of hydroxylamine groups is 2. The van der Waals surface area contributed by atoms with Crippen LogP contribution in [0, 0.1) is 5.92 Å². The third-order valence-electron chi connectivity index (χ3n) is 4.96. The lowest BCUT2D eigenvalue weighted by Gasteiger charge is -2.32. The Kier molecular flexibility index (Phi) is 5.10. The van der Waals surface area contributed by atoms with Crippen molar-refractivity contribution in [3.8, 4) is 0 Å². The fourth-order valence-electron chi connectivity index (χ4n) is 3.89. The van der Waals surface area contributed by atoms with Crippen molar-refractivity contribution in [2.75, 3.05) is 0 Å². The SMILES string of the molecule is C=CC[C@@H]1C[C@H](C2CCCCC2)N(Cc2ccccc2)O1. The van der Waals surface area contributed by atoms with Crippen LogP contribution in [-0.2, 0) is 11.4 Å². The fraction of sp³-hybridized carbons (Fsp3) is 0.579. The van der Waals surface area contributed by atoms with Crippen LogP contribution in [0.5, 0.6) is 0 Å². The fourth-order valence-corrected chi connectivity index (χ4v) is 3.89. The van der Waals surface area contributed by atoms with Gasteiger partial charge in [0, 0.05) is 12.6 Å². The highest BCUT2D eigenvalue weighted by atomic mass is 16.7. The molecule has 1 aromatic carbocycles. The van der Waals surface area contributed by atoms with Crippen LogP contribution in [0.4, 0.5) is 0 Å². The Bertz CT molecular complexity index is 438. The van der Waals surface area contributed by atoms with Crippen molar-refractivity contribution >= 4 is 0 Å². The van der Waals surface area contributed by atoms with Crippen LogP contribution in [0.15, 0.2) is 43.0 Å². The van der Waals surface area contributed by atoms with Crippen LogP contribution in [0.1, 0.15) is 50.5 Å². The standard InChI is InChI=1S/C19H27NO/c1-2-9-18-14-19(17-12-7-4-8-13-17)20(21-18)15-16-10-5-3-6-11-16/h2-3,5-6,10-11,17-19H,1,4,7-9,12-15H2/t18-,19-/m1/s1. The molecule has 0 radical (unpaired) electrons. The highest BCUT2D eigenvalue weighted by Crippen LogP contribution is 2.37. The predicted molar refractivity (Wildman–Crippen MR) is 86.7 cm³/mol.